The number of rotatable bonds is 4. The zero-order valence-corrected chi connectivity index (χ0v) is 15.8. The predicted molar refractivity (Wildman–Crippen MR) is 100 cm³/mol. The summed E-state index contributed by atoms with van der Waals surface area (Å²) in [6, 6.07) is 12.4. The number of nitrogens with zero attached hydrogens (tertiary/aromatic N) is 1. The zero-order valence-electron chi connectivity index (χ0n) is 14.2. The van der Waals surface area contributed by atoms with Crippen molar-refractivity contribution in [1.29, 1.82) is 0 Å². The second kappa shape index (κ2) is 7.65. The molecule has 0 saturated carbocycles. The number of carbonyl (C=O) groups excluding carboxylic acids is 1. The van der Waals surface area contributed by atoms with Gasteiger partial charge in [-0.25, -0.2) is 8.42 Å². The molecule has 1 fully saturated rings. The number of benzene rings is 2. The second-order valence-corrected chi connectivity index (χ2v) is 8.19. The van der Waals surface area contributed by atoms with Gasteiger partial charge in [0.05, 0.1) is 17.6 Å². The van der Waals surface area contributed by atoms with Crippen molar-refractivity contribution in [2.24, 2.45) is 0 Å². The van der Waals surface area contributed by atoms with Crippen molar-refractivity contribution in [2.75, 3.05) is 24.4 Å². The first-order chi connectivity index (χ1) is 12.3. The van der Waals surface area contributed by atoms with E-state index in [-0.39, 0.29) is 16.9 Å². The Morgan fingerprint density at radius 3 is 2.62 bits per heavy atom. The largest absolute Gasteiger partial charge is 0.375 e. The highest BCUT2D eigenvalue weighted by Crippen LogP contribution is 2.20. The van der Waals surface area contributed by atoms with Gasteiger partial charge < -0.3 is 9.64 Å². The fourth-order valence-electron chi connectivity index (χ4n) is 2.71. The molecule has 1 N–H and O–H groups in total. The summed E-state index contributed by atoms with van der Waals surface area (Å²) in [6.45, 7) is 3.53. The number of carbonyl (C=O) groups is 1. The van der Waals surface area contributed by atoms with E-state index in [1.165, 1.54) is 12.1 Å². The Morgan fingerprint density at radius 2 is 1.96 bits per heavy atom. The third-order valence-electron chi connectivity index (χ3n) is 4.02. The molecule has 1 saturated heterocycles. The number of anilines is 1. The number of hydrogen-bond donors (Lipinski definition) is 1. The Kier molecular flexibility index (Phi) is 5.50. The van der Waals surface area contributed by atoms with Crippen LogP contribution >= 0.6 is 11.6 Å². The van der Waals surface area contributed by atoms with Crippen LogP contribution in [0.5, 0.6) is 0 Å². The van der Waals surface area contributed by atoms with Crippen LogP contribution < -0.4 is 4.72 Å². The van der Waals surface area contributed by atoms with Crippen molar-refractivity contribution in [2.45, 2.75) is 17.9 Å². The molecule has 1 atom stereocenters. The van der Waals surface area contributed by atoms with E-state index in [2.05, 4.69) is 4.72 Å². The topological polar surface area (TPSA) is 75.7 Å². The summed E-state index contributed by atoms with van der Waals surface area (Å²) < 4.78 is 32.7. The minimum Gasteiger partial charge on any atom is -0.375 e. The molecule has 1 aliphatic heterocycles. The maximum Gasteiger partial charge on any atom is 0.261 e. The van der Waals surface area contributed by atoms with Gasteiger partial charge in [-0.2, -0.15) is 0 Å². The molecule has 0 spiro atoms. The zero-order chi connectivity index (χ0) is 18.7. The standard InChI is InChI=1S/C18H19ClN2O4S/c1-13-12-21(9-10-25-13)18(22)14-5-7-16(8-6-14)20-26(23,24)17-4-2-3-15(19)11-17/h2-8,11,13,20H,9-10,12H2,1H3. The van der Waals surface area contributed by atoms with E-state index >= 15 is 0 Å². The lowest BCUT2D eigenvalue weighted by molar-refractivity contribution is -0.0124. The van der Waals surface area contributed by atoms with Gasteiger partial charge in [0.15, 0.2) is 0 Å². The average Bonchev–Trinajstić information content (AvgIpc) is 2.61. The highest BCUT2D eigenvalue weighted by atomic mass is 35.5. The molecule has 2 aromatic rings. The van der Waals surface area contributed by atoms with Gasteiger partial charge in [0.25, 0.3) is 15.9 Å². The molecule has 0 radical (unpaired) electrons. The van der Waals surface area contributed by atoms with Crippen molar-refractivity contribution in [1.82, 2.24) is 4.90 Å². The highest BCUT2D eigenvalue weighted by Gasteiger charge is 2.22. The quantitative estimate of drug-likeness (QED) is 0.864. The van der Waals surface area contributed by atoms with Crippen molar-refractivity contribution in [3.8, 4) is 0 Å². The number of hydrogen-bond acceptors (Lipinski definition) is 4. The van der Waals surface area contributed by atoms with Gasteiger partial charge in [0.1, 0.15) is 0 Å². The molecule has 6 nitrogen and oxygen atoms in total. The first-order valence-electron chi connectivity index (χ1n) is 8.14. The molecular weight excluding hydrogens is 376 g/mol. The van der Waals surface area contributed by atoms with Crippen LogP contribution in [0, 0.1) is 0 Å². The average molecular weight is 395 g/mol. The molecule has 0 aliphatic carbocycles. The molecule has 8 heteroatoms. The first-order valence-corrected chi connectivity index (χ1v) is 10.0. The summed E-state index contributed by atoms with van der Waals surface area (Å²) in [5, 5.41) is 0.341. The number of morpholine rings is 1. The van der Waals surface area contributed by atoms with Gasteiger partial charge in [-0.3, -0.25) is 9.52 Å². The molecule has 3 rings (SSSR count). The summed E-state index contributed by atoms with van der Waals surface area (Å²) in [5.41, 5.74) is 0.877. The highest BCUT2D eigenvalue weighted by molar-refractivity contribution is 7.92. The van der Waals surface area contributed by atoms with Crippen LogP contribution in [-0.2, 0) is 14.8 Å². The second-order valence-electron chi connectivity index (χ2n) is 6.07. The number of sulfonamides is 1. The Bertz CT molecular complexity index is 900. The van der Waals surface area contributed by atoms with E-state index in [0.717, 1.165) is 0 Å². The molecular formula is C18H19ClN2O4S. The maximum atomic E-state index is 12.5. The van der Waals surface area contributed by atoms with E-state index in [0.29, 0.717) is 36.0 Å². The lowest BCUT2D eigenvalue weighted by Gasteiger charge is -2.31. The van der Waals surface area contributed by atoms with Gasteiger partial charge in [0.2, 0.25) is 0 Å². The molecule has 1 heterocycles. The lowest BCUT2D eigenvalue weighted by Crippen LogP contribution is -2.44. The Hall–Kier alpha value is -2.09. The third-order valence-corrected chi connectivity index (χ3v) is 5.63. The fourth-order valence-corrected chi connectivity index (χ4v) is 4.07. The van der Waals surface area contributed by atoms with Crippen molar-refractivity contribution in [3.63, 3.8) is 0 Å². The normalized spacial score (nSPS) is 17.8. The van der Waals surface area contributed by atoms with Crippen LogP contribution in [0.25, 0.3) is 0 Å². The molecule has 138 valence electrons. The number of nitrogens with one attached hydrogen (secondary N) is 1. The van der Waals surface area contributed by atoms with Gasteiger partial charge in [0, 0.05) is 29.4 Å². The van der Waals surface area contributed by atoms with E-state index in [1.54, 1.807) is 41.3 Å². The van der Waals surface area contributed by atoms with E-state index in [1.807, 2.05) is 6.92 Å². The smallest absolute Gasteiger partial charge is 0.261 e. The van der Waals surface area contributed by atoms with Gasteiger partial charge >= 0.3 is 0 Å². The number of amides is 1. The first kappa shape index (κ1) is 18.7. The summed E-state index contributed by atoms with van der Waals surface area (Å²) in [7, 11) is -3.74. The van der Waals surface area contributed by atoms with E-state index < -0.39 is 10.0 Å². The molecule has 1 aliphatic rings. The van der Waals surface area contributed by atoms with Gasteiger partial charge in [-0.1, -0.05) is 17.7 Å². The van der Waals surface area contributed by atoms with Crippen molar-refractivity contribution < 1.29 is 17.9 Å². The third kappa shape index (κ3) is 4.35. The molecule has 26 heavy (non-hydrogen) atoms. The Labute approximate surface area is 157 Å². The Balaban J connectivity index is 1.72. The SMILES string of the molecule is CC1CN(C(=O)c2ccc(NS(=O)(=O)c3cccc(Cl)c3)cc2)CCO1. The number of halogens is 1. The predicted octanol–water partition coefficient (Wildman–Crippen LogP) is 3.00. The summed E-state index contributed by atoms with van der Waals surface area (Å²) >= 11 is 5.85. The van der Waals surface area contributed by atoms with Crippen LogP contribution in [0.3, 0.4) is 0 Å². The minimum atomic E-state index is -3.74. The molecule has 2 aromatic carbocycles. The maximum absolute atomic E-state index is 12.5. The van der Waals surface area contributed by atoms with Crippen molar-refractivity contribution in [3.05, 3.63) is 59.1 Å². The van der Waals surface area contributed by atoms with Crippen molar-refractivity contribution >= 4 is 33.2 Å². The molecule has 1 unspecified atom stereocenters. The van der Waals surface area contributed by atoms with Crippen LogP contribution in [0.4, 0.5) is 5.69 Å². The number of ether oxygens (including phenoxy) is 1. The van der Waals surface area contributed by atoms with Crippen LogP contribution in [0.2, 0.25) is 5.02 Å². The fraction of sp³-hybridized carbons (Fsp3) is 0.278. The summed E-state index contributed by atoms with van der Waals surface area (Å²) in [6.07, 6.45) is 0.0106. The minimum absolute atomic E-state index is 0.0106. The Morgan fingerprint density at radius 1 is 1.23 bits per heavy atom. The van der Waals surface area contributed by atoms with Gasteiger partial charge in [-0.15, -0.1) is 0 Å². The van der Waals surface area contributed by atoms with Crippen LogP contribution in [0.15, 0.2) is 53.4 Å². The molecule has 0 aromatic heterocycles. The van der Waals surface area contributed by atoms with Crippen LogP contribution in [0.1, 0.15) is 17.3 Å². The molecule has 1 amide bonds. The molecule has 0 bridgehead atoms. The summed E-state index contributed by atoms with van der Waals surface area (Å²) in [5.74, 6) is -0.0931. The summed E-state index contributed by atoms with van der Waals surface area (Å²) in [4.78, 5) is 14.3. The lowest BCUT2D eigenvalue weighted by atomic mass is 10.1. The monoisotopic (exact) mass is 394 g/mol. The van der Waals surface area contributed by atoms with Gasteiger partial charge in [-0.05, 0) is 49.4 Å². The van der Waals surface area contributed by atoms with E-state index in [9.17, 15) is 13.2 Å². The van der Waals surface area contributed by atoms with Crippen LogP contribution in [-0.4, -0.2) is 45.0 Å². The van der Waals surface area contributed by atoms with E-state index in [4.69, 9.17) is 16.3 Å².